The number of hydrogen-bond donors (Lipinski definition) is 0. The fraction of sp³-hybridized carbons (Fsp3) is 0.400. The molecular formula is C10H8ClF5O3S. The zero-order valence-electron chi connectivity index (χ0n) is 9.68. The SMILES string of the molecule is O=S(=O)(Cl)c1cc(F)cc(F)c1OCCCC(F)(F)F. The highest BCUT2D eigenvalue weighted by Gasteiger charge is 2.27. The lowest BCUT2D eigenvalue weighted by Gasteiger charge is -2.11. The maximum atomic E-state index is 13.4. The molecule has 0 saturated carbocycles. The maximum Gasteiger partial charge on any atom is 0.389 e. The quantitative estimate of drug-likeness (QED) is 0.468. The van der Waals surface area contributed by atoms with Gasteiger partial charge in [-0.2, -0.15) is 13.2 Å². The van der Waals surface area contributed by atoms with E-state index in [1.807, 2.05) is 0 Å². The summed E-state index contributed by atoms with van der Waals surface area (Å²) in [5.74, 6) is -3.47. The fourth-order valence-corrected chi connectivity index (χ4v) is 2.28. The van der Waals surface area contributed by atoms with E-state index in [-0.39, 0.29) is 0 Å². The Morgan fingerprint density at radius 3 is 2.30 bits per heavy atom. The average Bonchev–Trinajstić information content (AvgIpc) is 2.23. The Morgan fingerprint density at radius 1 is 1.20 bits per heavy atom. The molecule has 0 radical (unpaired) electrons. The molecule has 0 fully saturated rings. The molecule has 0 bridgehead atoms. The second-order valence-electron chi connectivity index (χ2n) is 3.72. The van der Waals surface area contributed by atoms with Crippen LogP contribution in [0.1, 0.15) is 12.8 Å². The second-order valence-corrected chi connectivity index (χ2v) is 6.25. The van der Waals surface area contributed by atoms with Crippen molar-refractivity contribution in [3.8, 4) is 5.75 Å². The molecule has 0 unspecified atom stereocenters. The summed E-state index contributed by atoms with van der Waals surface area (Å²) in [5.41, 5.74) is 0. The Hall–Kier alpha value is -1.09. The molecule has 0 aliphatic rings. The second kappa shape index (κ2) is 6.13. The third-order valence-electron chi connectivity index (χ3n) is 2.09. The predicted octanol–water partition coefficient (Wildman–Crippen LogP) is 3.61. The van der Waals surface area contributed by atoms with Gasteiger partial charge in [-0.25, -0.2) is 17.2 Å². The molecule has 0 aliphatic heterocycles. The number of hydrogen-bond acceptors (Lipinski definition) is 3. The topological polar surface area (TPSA) is 43.4 Å². The van der Waals surface area contributed by atoms with Crippen molar-refractivity contribution >= 4 is 19.7 Å². The molecule has 3 nitrogen and oxygen atoms in total. The largest absolute Gasteiger partial charge is 0.489 e. The summed E-state index contributed by atoms with van der Waals surface area (Å²) in [7, 11) is 0.473. The first-order valence-corrected chi connectivity index (χ1v) is 7.45. The van der Waals surface area contributed by atoms with E-state index in [0.29, 0.717) is 12.1 Å². The molecule has 1 aromatic carbocycles. The minimum Gasteiger partial charge on any atom is -0.489 e. The van der Waals surface area contributed by atoms with Crippen molar-refractivity contribution in [2.45, 2.75) is 23.9 Å². The van der Waals surface area contributed by atoms with Gasteiger partial charge in [0.25, 0.3) is 9.05 Å². The Labute approximate surface area is 115 Å². The maximum absolute atomic E-state index is 13.4. The molecule has 0 spiro atoms. The lowest BCUT2D eigenvalue weighted by Crippen LogP contribution is -2.11. The molecule has 10 heteroatoms. The molecule has 1 aromatic rings. The van der Waals surface area contributed by atoms with Crippen LogP contribution in [0.2, 0.25) is 0 Å². The van der Waals surface area contributed by atoms with Crippen molar-refractivity contribution < 1.29 is 35.1 Å². The van der Waals surface area contributed by atoms with Crippen LogP contribution in [0.5, 0.6) is 5.75 Å². The van der Waals surface area contributed by atoms with E-state index in [1.54, 1.807) is 0 Å². The van der Waals surface area contributed by atoms with Crippen molar-refractivity contribution in [1.82, 2.24) is 0 Å². The first-order valence-electron chi connectivity index (χ1n) is 5.14. The van der Waals surface area contributed by atoms with E-state index >= 15 is 0 Å². The highest BCUT2D eigenvalue weighted by Crippen LogP contribution is 2.31. The van der Waals surface area contributed by atoms with Crippen molar-refractivity contribution in [3.63, 3.8) is 0 Å². The summed E-state index contributed by atoms with van der Waals surface area (Å²) in [6.07, 6.45) is -6.10. The molecule has 0 saturated heterocycles. The van der Waals surface area contributed by atoms with Crippen LogP contribution in [0, 0.1) is 11.6 Å². The molecule has 0 atom stereocenters. The van der Waals surface area contributed by atoms with Gasteiger partial charge in [0, 0.05) is 23.2 Å². The van der Waals surface area contributed by atoms with Gasteiger partial charge in [0.2, 0.25) is 0 Å². The molecule has 0 aliphatic carbocycles. The molecule has 0 amide bonds. The van der Waals surface area contributed by atoms with Gasteiger partial charge in [0.15, 0.2) is 11.6 Å². The minimum absolute atomic E-state index is 0.338. The van der Waals surface area contributed by atoms with Gasteiger partial charge >= 0.3 is 6.18 Å². The van der Waals surface area contributed by atoms with Gasteiger partial charge in [0.05, 0.1) is 6.61 Å². The number of benzene rings is 1. The summed E-state index contributed by atoms with van der Waals surface area (Å²) in [6, 6.07) is 0.759. The number of alkyl halides is 3. The summed E-state index contributed by atoms with van der Waals surface area (Å²) < 4.78 is 88.8. The van der Waals surface area contributed by atoms with Crippen LogP contribution in [-0.4, -0.2) is 21.2 Å². The van der Waals surface area contributed by atoms with Crippen LogP contribution in [0.15, 0.2) is 17.0 Å². The van der Waals surface area contributed by atoms with Crippen molar-refractivity contribution in [2.75, 3.05) is 6.61 Å². The Bertz CT molecular complexity index is 585. The van der Waals surface area contributed by atoms with Crippen LogP contribution in [-0.2, 0) is 9.05 Å². The predicted molar refractivity (Wildman–Crippen MR) is 60.2 cm³/mol. The summed E-state index contributed by atoms with van der Waals surface area (Å²) in [5, 5.41) is 0. The third kappa shape index (κ3) is 5.12. The molecular weight excluding hydrogens is 331 g/mol. The summed E-state index contributed by atoms with van der Waals surface area (Å²) in [4.78, 5) is -0.969. The first kappa shape index (κ1) is 17.0. The van der Waals surface area contributed by atoms with Crippen LogP contribution in [0.4, 0.5) is 22.0 Å². The average molecular weight is 339 g/mol. The first-order chi connectivity index (χ1) is 9.00. The van der Waals surface area contributed by atoms with Crippen LogP contribution in [0.3, 0.4) is 0 Å². The normalized spacial score (nSPS) is 12.5. The van der Waals surface area contributed by atoms with Crippen LogP contribution < -0.4 is 4.74 Å². The van der Waals surface area contributed by atoms with Gasteiger partial charge in [-0.05, 0) is 12.5 Å². The molecule has 114 valence electrons. The van der Waals surface area contributed by atoms with Gasteiger partial charge in [-0.1, -0.05) is 0 Å². The minimum atomic E-state index is -4.50. The molecule has 1 rings (SSSR count). The smallest absolute Gasteiger partial charge is 0.389 e. The highest BCUT2D eigenvalue weighted by molar-refractivity contribution is 8.13. The van der Waals surface area contributed by atoms with E-state index in [9.17, 15) is 30.4 Å². The zero-order valence-corrected chi connectivity index (χ0v) is 11.2. The van der Waals surface area contributed by atoms with Gasteiger partial charge in [-0.3, -0.25) is 0 Å². The molecule has 0 N–H and O–H groups in total. The Balaban J connectivity index is 2.90. The van der Waals surface area contributed by atoms with E-state index in [2.05, 4.69) is 4.74 Å². The Morgan fingerprint density at radius 2 is 1.80 bits per heavy atom. The molecule has 20 heavy (non-hydrogen) atoms. The molecule has 0 aromatic heterocycles. The van der Waals surface area contributed by atoms with E-state index in [4.69, 9.17) is 10.7 Å². The van der Waals surface area contributed by atoms with Crippen LogP contribution in [0.25, 0.3) is 0 Å². The van der Waals surface area contributed by atoms with E-state index < -0.39 is 57.0 Å². The Kier molecular flexibility index (Phi) is 5.20. The zero-order chi connectivity index (χ0) is 15.6. The van der Waals surface area contributed by atoms with Crippen molar-refractivity contribution in [1.29, 1.82) is 0 Å². The fourth-order valence-electron chi connectivity index (χ4n) is 1.30. The number of halogens is 6. The van der Waals surface area contributed by atoms with E-state index in [0.717, 1.165) is 0 Å². The van der Waals surface area contributed by atoms with Gasteiger partial charge < -0.3 is 4.74 Å². The standard InChI is InChI=1S/C10H8ClF5O3S/c11-20(17,18)8-5-6(12)4-7(13)9(8)19-3-1-2-10(14,15)16/h4-5H,1-3H2. The van der Waals surface area contributed by atoms with E-state index in [1.165, 1.54) is 0 Å². The van der Waals surface area contributed by atoms with Gasteiger partial charge in [-0.15, -0.1) is 0 Å². The summed E-state index contributed by atoms with van der Waals surface area (Å²) in [6.45, 7) is -0.596. The van der Waals surface area contributed by atoms with Crippen molar-refractivity contribution in [2.24, 2.45) is 0 Å². The van der Waals surface area contributed by atoms with Gasteiger partial charge in [0.1, 0.15) is 10.7 Å². The molecule has 0 heterocycles. The number of ether oxygens (including phenoxy) is 1. The number of rotatable bonds is 5. The third-order valence-corrected chi connectivity index (χ3v) is 3.42. The van der Waals surface area contributed by atoms with Crippen molar-refractivity contribution in [3.05, 3.63) is 23.8 Å². The lowest BCUT2D eigenvalue weighted by atomic mass is 10.3. The monoisotopic (exact) mass is 338 g/mol. The summed E-state index contributed by atoms with van der Waals surface area (Å²) >= 11 is 0. The van der Waals surface area contributed by atoms with Crippen LogP contribution >= 0.6 is 10.7 Å². The highest BCUT2D eigenvalue weighted by atomic mass is 35.7. The lowest BCUT2D eigenvalue weighted by molar-refractivity contribution is -0.136.